The van der Waals surface area contributed by atoms with E-state index in [1.54, 1.807) is 25.3 Å². The molecule has 1 atom stereocenters. The third-order valence-corrected chi connectivity index (χ3v) is 3.67. The second-order valence-corrected chi connectivity index (χ2v) is 5.06. The van der Waals surface area contributed by atoms with E-state index < -0.39 is 11.9 Å². The maximum atomic E-state index is 11.7. The molecule has 5 nitrogen and oxygen atoms in total. The third-order valence-electron chi connectivity index (χ3n) is 3.67. The van der Waals surface area contributed by atoms with Gasteiger partial charge in [0.25, 0.3) is 0 Å². The molecule has 0 fully saturated rings. The molecule has 114 valence electrons. The Labute approximate surface area is 128 Å². The number of hydrogen-bond acceptors (Lipinski definition) is 4. The van der Waals surface area contributed by atoms with Crippen molar-refractivity contribution in [3.63, 3.8) is 0 Å². The fraction of sp³-hybridized carbons (Fsp3) is 0.235. The lowest BCUT2D eigenvalue weighted by molar-refractivity contribution is -0.138. The molecule has 0 saturated heterocycles. The number of carboxylic acids is 1. The van der Waals surface area contributed by atoms with Gasteiger partial charge in [-0.15, -0.1) is 0 Å². The normalized spacial score (nSPS) is 13.7. The minimum Gasteiger partial charge on any atom is -0.497 e. The van der Waals surface area contributed by atoms with Gasteiger partial charge in [0.1, 0.15) is 5.75 Å². The summed E-state index contributed by atoms with van der Waals surface area (Å²) in [6.45, 7) is 0.173. The van der Waals surface area contributed by atoms with Gasteiger partial charge in [0, 0.05) is 0 Å². The molecule has 2 aromatic rings. The van der Waals surface area contributed by atoms with Crippen LogP contribution in [0.1, 0.15) is 17.0 Å². The number of rotatable bonds is 5. The molecule has 22 heavy (non-hydrogen) atoms. The Bertz CT molecular complexity index is 695. The molecule has 3 rings (SSSR count). The van der Waals surface area contributed by atoms with Crippen LogP contribution in [0, 0.1) is 0 Å². The zero-order chi connectivity index (χ0) is 15.5. The third kappa shape index (κ3) is 2.83. The van der Waals surface area contributed by atoms with Gasteiger partial charge >= 0.3 is 5.97 Å². The van der Waals surface area contributed by atoms with Gasteiger partial charge in [-0.25, -0.2) is 0 Å². The van der Waals surface area contributed by atoms with Gasteiger partial charge in [0.15, 0.2) is 11.5 Å². The average molecular weight is 300 g/mol. The Balaban J connectivity index is 1.88. The zero-order valence-electron chi connectivity index (χ0n) is 12.1. The molecule has 1 N–H and O–H groups in total. The number of carbonyl (C=O) groups is 1. The number of carboxylic acid groups (broad SMARTS) is 1. The molecule has 5 heteroatoms. The van der Waals surface area contributed by atoms with Crippen LogP contribution in [0.25, 0.3) is 0 Å². The predicted octanol–water partition coefficient (Wildman–Crippen LogP) is 2.83. The van der Waals surface area contributed by atoms with Crippen LogP contribution in [0.5, 0.6) is 17.2 Å². The first-order valence-electron chi connectivity index (χ1n) is 6.92. The highest BCUT2D eigenvalue weighted by molar-refractivity contribution is 5.77. The lowest BCUT2D eigenvalue weighted by atomic mass is 9.91. The van der Waals surface area contributed by atoms with Crippen molar-refractivity contribution in [3.8, 4) is 17.2 Å². The average Bonchev–Trinajstić information content (AvgIpc) is 3.00. The quantitative estimate of drug-likeness (QED) is 0.920. The summed E-state index contributed by atoms with van der Waals surface area (Å²) in [6, 6.07) is 12.7. The van der Waals surface area contributed by atoms with Crippen molar-refractivity contribution in [2.45, 2.75) is 12.3 Å². The van der Waals surface area contributed by atoms with E-state index in [0.29, 0.717) is 29.2 Å². The monoisotopic (exact) mass is 300 g/mol. The second kappa shape index (κ2) is 5.97. The minimum absolute atomic E-state index is 0.173. The predicted molar refractivity (Wildman–Crippen MR) is 79.6 cm³/mol. The maximum Gasteiger partial charge on any atom is 0.311 e. The molecule has 1 heterocycles. The Morgan fingerprint density at radius 1 is 1.23 bits per heavy atom. The smallest absolute Gasteiger partial charge is 0.311 e. The Kier molecular flexibility index (Phi) is 3.87. The fourth-order valence-electron chi connectivity index (χ4n) is 2.51. The lowest BCUT2D eigenvalue weighted by Crippen LogP contribution is -2.14. The van der Waals surface area contributed by atoms with Crippen molar-refractivity contribution in [2.24, 2.45) is 0 Å². The number of ether oxygens (including phenoxy) is 3. The largest absolute Gasteiger partial charge is 0.497 e. The van der Waals surface area contributed by atoms with E-state index in [2.05, 4.69) is 0 Å². The van der Waals surface area contributed by atoms with E-state index >= 15 is 0 Å². The van der Waals surface area contributed by atoms with Crippen LogP contribution in [0.4, 0.5) is 0 Å². The molecule has 0 bridgehead atoms. The molecule has 0 amide bonds. The summed E-state index contributed by atoms with van der Waals surface area (Å²) in [6.07, 6.45) is 0.381. The van der Waals surface area contributed by atoms with Crippen molar-refractivity contribution < 1.29 is 24.1 Å². The van der Waals surface area contributed by atoms with Crippen molar-refractivity contribution >= 4 is 5.97 Å². The van der Waals surface area contributed by atoms with Crippen molar-refractivity contribution in [2.75, 3.05) is 13.9 Å². The number of aliphatic carboxylic acids is 1. The molecule has 0 aromatic heterocycles. The van der Waals surface area contributed by atoms with E-state index in [1.807, 2.05) is 24.3 Å². The summed E-state index contributed by atoms with van der Waals surface area (Å²) < 4.78 is 15.8. The van der Waals surface area contributed by atoms with Gasteiger partial charge < -0.3 is 19.3 Å². The summed E-state index contributed by atoms with van der Waals surface area (Å²) in [5.41, 5.74) is 1.60. The van der Waals surface area contributed by atoms with Gasteiger partial charge in [-0.1, -0.05) is 18.2 Å². The fourth-order valence-corrected chi connectivity index (χ4v) is 2.51. The van der Waals surface area contributed by atoms with Crippen LogP contribution in [-0.4, -0.2) is 25.0 Å². The molecule has 0 spiro atoms. The molecular weight excluding hydrogens is 284 g/mol. The first-order chi connectivity index (χ1) is 10.7. The zero-order valence-corrected chi connectivity index (χ0v) is 12.1. The van der Waals surface area contributed by atoms with Crippen LogP contribution < -0.4 is 14.2 Å². The summed E-state index contributed by atoms with van der Waals surface area (Å²) in [5.74, 6) is 0.430. The van der Waals surface area contributed by atoms with Crippen LogP contribution >= 0.6 is 0 Å². The Hall–Kier alpha value is -2.69. The Morgan fingerprint density at radius 3 is 2.82 bits per heavy atom. The van der Waals surface area contributed by atoms with E-state index in [9.17, 15) is 9.90 Å². The van der Waals surface area contributed by atoms with Crippen molar-refractivity contribution in [1.82, 2.24) is 0 Å². The first kappa shape index (κ1) is 14.3. The number of methoxy groups -OCH3 is 1. The molecule has 1 unspecified atom stereocenters. The molecule has 1 aliphatic rings. The number of fused-ring (bicyclic) bond motifs is 1. The lowest BCUT2D eigenvalue weighted by Gasteiger charge is -2.14. The van der Waals surface area contributed by atoms with Crippen LogP contribution in [0.2, 0.25) is 0 Å². The summed E-state index contributed by atoms with van der Waals surface area (Å²) in [4.78, 5) is 11.7. The topological polar surface area (TPSA) is 65.0 Å². The molecule has 0 saturated carbocycles. The number of hydrogen-bond donors (Lipinski definition) is 1. The van der Waals surface area contributed by atoms with Crippen LogP contribution in [-0.2, 0) is 11.2 Å². The van der Waals surface area contributed by atoms with E-state index in [0.717, 1.165) is 5.56 Å². The first-order valence-corrected chi connectivity index (χ1v) is 6.92. The Morgan fingerprint density at radius 2 is 2.05 bits per heavy atom. The maximum absolute atomic E-state index is 11.7. The molecular formula is C17H16O5. The summed E-state index contributed by atoms with van der Waals surface area (Å²) >= 11 is 0. The van der Waals surface area contributed by atoms with Gasteiger partial charge in [-0.05, 0) is 41.8 Å². The SMILES string of the molecule is COc1cccc(CC(C(=O)O)c2ccc3c(c2)OCO3)c1. The molecule has 0 radical (unpaired) electrons. The standard InChI is InChI=1S/C17H16O5/c1-20-13-4-2-3-11(7-13)8-14(17(18)19)12-5-6-15-16(9-12)22-10-21-15/h2-7,9,14H,8,10H2,1H3,(H,18,19). The highest BCUT2D eigenvalue weighted by Gasteiger charge is 2.23. The van der Waals surface area contributed by atoms with Gasteiger partial charge in [0.2, 0.25) is 6.79 Å². The van der Waals surface area contributed by atoms with E-state index in [4.69, 9.17) is 14.2 Å². The number of benzene rings is 2. The highest BCUT2D eigenvalue weighted by Crippen LogP contribution is 2.35. The second-order valence-electron chi connectivity index (χ2n) is 5.06. The molecule has 0 aliphatic carbocycles. The molecule has 1 aliphatic heterocycles. The minimum atomic E-state index is -0.873. The van der Waals surface area contributed by atoms with Gasteiger partial charge in [-0.3, -0.25) is 4.79 Å². The van der Waals surface area contributed by atoms with Crippen LogP contribution in [0.15, 0.2) is 42.5 Å². The van der Waals surface area contributed by atoms with E-state index in [-0.39, 0.29) is 6.79 Å². The van der Waals surface area contributed by atoms with Gasteiger partial charge in [-0.2, -0.15) is 0 Å². The summed E-state index contributed by atoms with van der Waals surface area (Å²) in [7, 11) is 1.59. The molecule has 2 aromatic carbocycles. The van der Waals surface area contributed by atoms with Gasteiger partial charge in [0.05, 0.1) is 13.0 Å². The van der Waals surface area contributed by atoms with Crippen LogP contribution in [0.3, 0.4) is 0 Å². The van der Waals surface area contributed by atoms with Crippen molar-refractivity contribution in [3.05, 3.63) is 53.6 Å². The van der Waals surface area contributed by atoms with Crippen molar-refractivity contribution in [1.29, 1.82) is 0 Å². The highest BCUT2D eigenvalue weighted by atomic mass is 16.7. The van der Waals surface area contributed by atoms with E-state index in [1.165, 1.54) is 0 Å². The summed E-state index contributed by atoms with van der Waals surface area (Å²) in [5, 5.41) is 9.56.